The second-order valence-electron chi connectivity index (χ2n) is 23.7. The molecule has 2 aliphatic rings. The molecule has 0 saturated carbocycles. The van der Waals surface area contributed by atoms with Crippen molar-refractivity contribution in [1.82, 2.24) is 19.1 Å². The van der Waals surface area contributed by atoms with E-state index in [9.17, 15) is 0 Å². The fourth-order valence-electron chi connectivity index (χ4n) is 11.3. The van der Waals surface area contributed by atoms with Crippen molar-refractivity contribution < 1.29 is 0 Å². The topological polar surface area (TPSA) is 35.6 Å². The van der Waals surface area contributed by atoms with Crippen LogP contribution in [0.4, 0.5) is 0 Å². The van der Waals surface area contributed by atoms with Gasteiger partial charge in [-0.2, -0.15) is 0 Å². The van der Waals surface area contributed by atoms with Gasteiger partial charge in [0.2, 0.25) is 0 Å². The third kappa shape index (κ3) is 6.33. The van der Waals surface area contributed by atoms with Crippen molar-refractivity contribution in [2.24, 2.45) is 0 Å². The Labute approximate surface area is 395 Å². The highest BCUT2D eigenvalue weighted by Crippen LogP contribution is 2.44. The maximum Gasteiger partial charge on any atom is 0.252 e. The highest BCUT2D eigenvalue weighted by Gasteiger charge is 2.42. The van der Waals surface area contributed by atoms with Crippen LogP contribution in [0, 0.1) is 0 Å². The Hall–Kier alpha value is -6.72. The molecule has 0 unspecified atom stereocenters. The highest BCUT2D eigenvalue weighted by molar-refractivity contribution is 7.00. The summed E-state index contributed by atoms with van der Waals surface area (Å²) < 4.78 is 5.19. The molecule has 3 aromatic heterocycles. The standard InChI is InChI=1S/C62H59BN4/c1-59(2,3)41-17-13-36(14-18-41)38-27-47-45-33-43(61(7,8)9)21-23-52(45)66-54-31-40(51-25-26-64-35-65-51)32-55-56(54)63(49(29-38)57(47)66)50-30-39(37-15-19-42(20-16-37)60(4,5)6)28-48-46-34-44(62(10,11)12)22-24-53(46)67(55)58(48)50/h13-35H,1-12H3. The van der Waals surface area contributed by atoms with E-state index < -0.39 is 0 Å². The minimum absolute atomic E-state index is 0.0166. The highest BCUT2D eigenvalue weighted by atomic mass is 15.0. The second kappa shape index (κ2) is 13.9. The van der Waals surface area contributed by atoms with Crippen LogP contribution < -0.4 is 16.4 Å². The van der Waals surface area contributed by atoms with Crippen molar-refractivity contribution in [3.63, 3.8) is 0 Å². The van der Waals surface area contributed by atoms with Gasteiger partial charge in [-0.05, 0) is 137 Å². The van der Waals surface area contributed by atoms with Crippen LogP contribution in [0.5, 0.6) is 0 Å². The molecule has 2 aliphatic heterocycles. The molecule has 5 heteroatoms. The van der Waals surface area contributed by atoms with Crippen LogP contribution in [-0.2, 0) is 21.7 Å². The Balaban J connectivity index is 1.26. The largest absolute Gasteiger partial charge is 0.310 e. The van der Waals surface area contributed by atoms with Crippen LogP contribution in [-0.4, -0.2) is 25.8 Å². The summed E-state index contributed by atoms with van der Waals surface area (Å²) in [4.78, 5) is 9.22. The smallest absolute Gasteiger partial charge is 0.252 e. The Morgan fingerprint density at radius 1 is 0.388 bits per heavy atom. The molecule has 0 radical (unpaired) electrons. The van der Waals surface area contributed by atoms with E-state index in [1.165, 1.54) is 116 Å². The van der Waals surface area contributed by atoms with E-state index >= 15 is 0 Å². The minimum Gasteiger partial charge on any atom is -0.310 e. The van der Waals surface area contributed by atoms with Crippen LogP contribution in [0.1, 0.15) is 105 Å². The third-order valence-electron chi connectivity index (χ3n) is 15.1. The Kier molecular flexibility index (Phi) is 8.66. The molecule has 0 atom stereocenters. The molecule has 7 aromatic carbocycles. The maximum atomic E-state index is 4.88. The van der Waals surface area contributed by atoms with Gasteiger partial charge in [-0.25, -0.2) is 9.97 Å². The molecule has 67 heavy (non-hydrogen) atoms. The summed E-state index contributed by atoms with van der Waals surface area (Å²) in [6, 6.07) is 50.0. The summed E-state index contributed by atoms with van der Waals surface area (Å²) in [7, 11) is 0. The van der Waals surface area contributed by atoms with Crippen molar-refractivity contribution >= 4 is 66.7 Å². The Bertz CT molecular complexity index is 3470. The van der Waals surface area contributed by atoms with Crippen molar-refractivity contribution in [2.45, 2.75) is 105 Å². The molecule has 0 aliphatic carbocycles. The number of rotatable bonds is 3. The number of hydrogen-bond acceptors (Lipinski definition) is 2. The predicted molar refractivity (Wildman–Crippen MR) is 286 cm³/mol. The Morgan fingerprint density at radius 2 is 0.806 bits per heavy atom. The van der Waals surface area contributed by atoms with Crippen molar-refractivity contribution in [2.75, 3.05) is 0 Å². The Morgan fingerprint density at radius 3 is 1.19 bits per heavy atom. The average Bonchev–Trinajstić information content (AvgIpc) is 3.81. The monoisotopic (exact) mass is 870 g/mol. The number of nitrogens with zero attached hydrogens (tertiary/aromatic N) is 4. The fraction of sp³-hybridized carbons (Fsp3) is 0.258. The molecule has 4 nitrogen and oxygen atoms in total. The lowest BCUT2D eigenvalue weighted by Gasteiger charge is -2.34. The summed E-state index contributed by atoms with van der Waals surface area (Å²) in [5.41, 5.74) is 23.9. The molecular weight excluding hydrogens is 812 g/mol. The lowest BCUT2D eigenvalue weighted by molar-refractivity contribution is 0.590. The number of hydrogen-bond donors (Lipinski definition) is 0. The van der Waals surface area contributed by atoms with E-state index in [1.54, 1.807) is 6.33 Å². The van der Waals surface area contributed by atoms with Gasteiger partial charge < -0.3 is 9.13 Å². The second-order valence-corrected chi connectivity index (χ2v) is 23.7. The van der Waals surface area contributed by atoms with Gasteiger partial charge in [0.15, 0.2) is 0 Å². The lowest BCUT2D eigenvalue weighted by atomic mass is 9.34. The van der Waals surface area contributed by atoms with E-state index in [0.29, 0.717) is 0 Å². The predicted octanol–water partition coefficient (Wildman–Crippen LogP) is 14.0. The first-order chi connectivity index (χ1) is 31.7. The molecule has 12 rings (SSSR count). The number of fused-ring (bicyclic) bond motifs is 10. The summed E-state index contributed by atoms with van der Waals surface area (Å²) in [5, 5.41) is 5.15. The molecule has 10 aromatic rings. The zero-order chi connectivity index (χ0) is 46.7. The van der Waals surface area contributed by atoms with Gasteiger partial charge in [0.25, 0.3) is 6.71 Å². The summed E-state index contributed by atoms with van der Waals surface area (Å²) in [6.07, 6.45) is 3.54. The summed E-state index contributed by atoms with van der Waals surface area (Å²) in [6.45, 7) is 27.7. The van der Waals surface area contributed by atoms with Crippen LogP contribution in [0.2, 0.25) is 0 Å². The molecule has 0 N–H and O–H groups in total. The minimum atomic E-state index is -0.0464. The number of aromatic nitrogens is 4. The first kappa shape index (κ1) is 41.7. The number of benzene rings is 7. The van der Waals surface area contributed by atoms with Crippen molar-refractivity contribution in [3.8, 4) is 44.9 Å². The van der Waals surface area contributed by atoms with Gasteiger partial charge in [-0.15, -0.1) is 0 Å². The zero-order valence-electron chi connectivity index (χ0n) is 41.1. The van der Waals surface area contributed by atoms with Gasteiger partial charge in [0.05, 0.1) is 16.7 Å². The van der Waals surface area contributed by atoms with Gasteiger partial charge in [0.1, 0.15) is 6.33 Å². The van der Waals surface area contributed by atoms with Gasteiger partial charge in [-0.1, -0.05) is 156 Å². The van der Waals surface area contributed by atoms with E-state index in [1.807, 2.05) is 12.3 Å². The fourth-order valence-corrected chi connectivity index (χ4v) is 11.3. The molecule has 0 fully saturated rings. The summed E-state index contributed by atoms with van der Waals surface area (Å²) >= 11 is 0. The summed E-state index contributed by atoms with van der Waals surface area (Å²) in [5.74, 6) is 0. The van der Waals surface area contributed by atoms with Gasteiger partial charge in [-0.3, -0.25) is 0 Å². The van der Waals surface area contributed by atoms with Crippen LogP contribution in [0.25, 0.3) is 88.5 Å². The molecule has 0 amide bonds. The quantitative estimate of drug-likeness (QED) is 0.166. The van der Waals surface area contributed by atoms with Crippen molar-refractivity contribution in [1.29, 1.82) is 0 Å². The molecule has 0 spiro atoms. The van der Waals surface area contributed by atoms with Gasteiger partial charge in [0, 0.05) is 55.7 Å². The molecular formula is C62H59BN4. The normalized spacial score (nSPS) is 13.6. The molecule has 5 heterocycles. The molecule has 0 bridgehead atoms. The van der Waals surface area contributed by atoms with E-state index in [2.05, 4.69) is 219 Å². The van der Waals surface area contributed by atoms with E-state index in [-0.39, 0.29) is 28.4 Å². The van der Waals surface area contributed by atoms with Crippen molar-refractivity contribution in [3.05, 3.63) is 162 Å². The van der Waals surface area contributed by atoms with Crippen LogP contribution in [0.15, 0.2) is 140 Å². The van der Waals surface area contributed by atoms with E-state index in [4.69, 9.17) is 4.98 Å². The van der Waals surface area contributed by atoms with Crippen LogP contribution >= 0.6 is 0 Å². The first-order valence-corrected chi connectivity index (χ1v) is 24.2. The average molecular weight is 871 g/mol. The molecule has 0 saturated heterocycles. The third-order valence-corrected chi connectivity index (χ3v) is 15.1. The zero-order valence-corrected chi connectivity index (χ0v) is 41.1. The van der Waals surface area contributed by atoms with E-state index in [0.717, 1.165) is 11.3 Å². The van der Waals surface area contributed by atoms with Crippen LogP contribution in [0.3, 0.4) is 0 Å². The first-order valence-electron chi connectivity index (χ1n) is 24.2. The van der Waals surface area contributed by atoms with Gasteiger partial charge >= 0.3 is 0 Å². The SMILES string of the molecule is CC(C)(C)c1ccc(-c2cc3c4c(c2)c2cc(C(C)(C)C)ccc2n4-c2cc(-c4ccncn4)cc4c2B3c2cc(-c3ccc(C(C)(C)C)cc3)cc3c5cc(C(C)(C)C)ccc5n-4c23)cc1. The maximum absolute atomic E-state index is 4.88. The molecule has 330 valence electrons. The lowest BCUT2D eigenvalue weighted by Crippen LogP contribution is -2.59.